The molecule has 8 heteroatoms. The summed E-state index contributed by atoms with van der Waals surface area (Å²) < 4.78 is 37.2. The first-order valence-corrected chi connectivity index (χ1v) is 6.45. The van der Waals surface area contributed by atoms with Gasteiger partial charge in [-0.25, -0.2) is 0 Å². The first-order chi connectivity index (χ1) is 10.9. The van der Waals surface area contributed by atoms with Gasteiger partial charge in [-0.15, -0.1) is 0 Å². The summed E-state index contributed by atoms with van der Waals surface area (Å²) in [6, 6.07) is 7.48. The number of H-pyrrole nitrogens is 1. The molecule has 0 saturated heterocycles. The number of hydrogen-bond acceptors (Lipinski definition) is 2. The summed E-state index contributed by atoms with van der Waals surface area (Å²) in [5, 5.41) is 0. The lowest BCUT2D eigenvalue weighted by atomic mass is 10.1. The first kappa shape index (κ1) is 16.3. The highest BCUT2D eigenvalue weighted by Gasteiger charge is 2.29. The predicted octanol–water partition coefficient (Wildman–Crippen LogP) is 2.51. The monoisotopic (exact) mass is 323 g/mol. The number of aromatic nitrogens is 1. The molecule has 0 bridgehead atoms. The fraction of sp³-hybridized carbons (Fsp3) is 0.0667. The molecule has 0 radical (unpaired) electrons. The third-order valence-electron chi connectivity index (χ3n) is 2.81. The minimum Gasteiger partial charge on any atom is -0.357 e. The molecule has 1 aromatic carbocycles. The van der Waals surface area contributed by atoms with Crippen molar-refractivity contribution in [1.29, 1.82) is 0 Å². The Kier molecular flexibility index (Phi) is 4.85. The molecule has 0 atom stereocenters. The van der Waals surface area contributed by atoms with E-state index in [9.17, 15) is 22.8 Å². The van der Waals surface area contributed by atoms with E-state index in [0.717, 1.165) is 18.2 Å². The van der Waals surface area contributed by atoms with Crippen molar-refractivity contribution in [3.8, 4) is 0 Å². The smallest absolute Gasteiger partial charge is 0.357 e. The Hall–Kier alpha value is -3.03. The maximum Gasteiger partial charge on any atom is 0.416 e. The van der Waals surface area contributed by atoms with Crippen LogP contribution in [0.3, 0.4) is 0 Å². The summed E-state index contributed by atoms with van der Waals surface area (Å²) in [5.74, 6) is -1.14. The first-order valence-electron chi connectivity index (χ1n) is 6.45. The number of hydrogen-bond donors (Lipinski definition) is 3. The van der Waals surface area contributed by atoms with Crippen molar-refractivity contribution < 1.29 is 22.8 Å². The fourth-order valence-corrected chi connectivity index (χ4v) is 1.65. The van der Waals surface area contributed by atoms with Gasteiger partial charge in [0.15, 0.2) is 0 Å². The van der Waals surface area contributed by atoms with Gasteiger partial charge in [0, 0.05) is 12.3 Å². The Morgan fingerprint density at radius 1 is 1.04 bits per heavy atom. The summed E-state index contributed by atoms with van der Waals surface area (Å²) in [7, 11) is 0. The van der Waals surface area contributed by atoms with Gasteiger partial charge < -0.3 is 4.98 Å². The van der Waals surface area contributed by atoms with Gasteiger partial charge in [0.25, 0.3) is 11.8 Å². The number of amides is 2. The standard InChI is InChI=1S/C15H12F3N3O2/c16-15(17,18)11-6-3-10(4-7-11)5-8-13(22)20-21-14(23)12-2-1-9-19-12/h1-9,19H,(H,20,22)(H,21,23)/b8-5+. The molecule has 3 N–H and O–H groups in total. The number of carbonyl (C=O) groups is 2. The molecule has 23 heavy (non-hydrogen) atoms. The average molecular weight is 323 g/mol. The Labute approximate surface area is 129 Å². The zero-order valence-electron chi connectivity index (χ0n) is 11.6. The van der Waals surface area contributed by atoms with E-state index in [0.29, 0.717) is 5.56 Å². The Morgan fingerprint density at radius 2 is 1.74 bits per heavy atom. The van der Waals surface area contributed by atoms with Gasteiger partial charge in [-0.1, -0.05) is 12.1 Å². The van der Waals surface area contributed by atoms with E-state index >= 15 is 0 Å². The summed E-state index contributed by atoms with van der Waals surface area (Å²) in [6.07, 6.45) is -0.420. The lowest BCUT2D eigenvalue weighted by molar-refractivity contribution is -0.137. The minimum atomic E-state index is -4.40. The molecule has 0 spiro atoms. The van der Waals surface area contributed by atoms with E-state index in [1.54, 1.807) is 12.3 Å². The van der Waals surface area contributed by atoms with Gasteiger partial charge >= 0.3 is 6.18 Å². The van der Waals surface area contributed by atoms with Crippen LogP contribution in [-0.4, -0.2) is 16.8 Å². The van der Waals surface area contributed by atoms with Crippen molar-refractivity contribution in [2.75, 3.05) is 0 Å². The molecule has 2 rings (SSSR count). The van der Waals surface area contributed by atoms with Gasteiger partial charge in [-0.3, -0.25) is 20.4 Å². The van der Waals surface area contributed by atoms with Gasteiger partial charge in [-0.2, -0.15) is 13.2 Å². The van der Waals surface area contributed by atoms with Crippen molar-refractivity contribution >= 4 is 17.9 Å². The molecule has 120 valence electrons. The lowest BCUT2D eigenvalue weighted by Gasteiger charge is -2.06. The van der Waals surface area contributed by atoms with Crippen LogP contribution >= 0.6 is 0 Å². The Morgan fingerprint density at radius 3 is 2.30 bits per heavy atom. The molecule has 0 aliphatic carbocycles. The van der Waals surface area contributed by atoms with E-state index in [2.05, 4.69) is 15.8 Å². The predicted molar refractivity (Wildman–Crippen MR) is 76.9 cm³/mol. The summed E-state index contributed by atoms with van der Waals surface area (Å²) in [4.78, 5) is 25.7. The SMILES string of the molecule is O=C(/C=C/c1ccc(C(F)(F)F)cc1)NNC(=O)c1ccc[nH]1. The second kappa shape index (κ2) is 6.82. The van der Waals surface area contributed by atoms with Crippen molar-refractivity contribution in [3.63, 3.8) is 0 Å². The molecule has 2 aromatic rings. The normalized spacial score (nSPS) is 11.4. The van der Waals surface area contributed by atoms with Crippen molar-refractivity contribution in [3.05, 3.63) is 65.5 Å². The second-order valence-corrected chi connectivity index (χ2v) is 4.48. The number of rotatable bonds is 3. The van der Waals surface area contributed by atoms with E-state index in [4.69, 9.17) is 0 Å². The molecule has 0 unspecified atom stereocenters. The van der Waals surface area contributed by atoms with Gasteiger partial charge in [0.05, 0.1) is 5.56 Å². The number of halogens is 3. The molecule has 1 aromatic heterocycles. The summed E-state index contributed by atoms with van der Waals surface area (Å²) in [5.41, 5.74) is 4.26. The van der Waals surface area contributed by atoms with Crippen LogP contribution in [0, 0.1) is 0 Å². The van der Waals surface area contributed by atoms with Crippen LogP contribution in [0.25, 0.3) is 6.08 Å². The van der Waals surface area contributed by atoms with E-state index in [-0.39, 0.29) is 5.69 Å². The molecule has 0 aliphatic rings. The van der Waals surface area contributed by atoms with E-state index in [1.165, 1.54) is 24.3 Å². The van der Waals surface area contributed by atoms with Crippen LogP contribution in [0.15, 0.2) is 48.7 Å². The van der Waals surface area contributed by atoms with Crippen LogP contribution in [0.4, 0.5) is 13.2 Å². The maximum atomic E-state index is 12.4. The van der Waals surface area contributed by atoms with Gasteiger partial charge in [0.2, 0.25) is 0 Å². The molecular formula is C15H12F3N3O2. The third kappa shape index (κ3) is 4.73. The van der Waals surface area contributed by atoms with Crippen molar-refractivity contribution in [1.82, 2.24) is 15.8 Å². The quantitative estimate of drug-likeness (QED) is 0.600. The number of nitrogens with one attached hydrogen (secondary N) is 3. The summed E-state index contributed by atoms with van der Waals surface area (Å²) >= 11 is 0. The third-order valence-corrected chi connectivity index (χ3v) is 2.81. The fourth-order valence-electron chi connectivity index (χ4n) is 1.65. The number of carbonyl (C=O) groups excluding carboxylic acids is 2. The largest absolute Gasteiger partial charge is 0.416 e. The van der Waals surface area contributed by atoms with E-state index < -0.39 is 23.6 Å². The molecule has 1 heterocycles. The zero-order chi connectivity index (χ0) is 16.9. The topological polar surface area (TPSA) is 74.0 Å². The Balaban J connectivity index is 1.87. The average Bonchev–Trinajstić information content (AvgIpc) is 3.04. The highest BCUT2D eigenvalue weighted by Crippen LogP contribution is 2.29. The zero-order valence-corrected chi connectivity index (χ0v) is 11.6. The molecule has 0 saturated carbocycles. The second-order valence-electron chi connectivity index (χ2n) is 4.48. The van der Waals surface area contributed by atoms with Crippen LogP contribution in [0.1, 0.15) is 21.6 Å². The summed E-state index contributed by atoms with van der Waals surface area (Å²) in [6.45, 7) is 0. The minimum absolute atomic E-state index is 0.275. The number of benzene rings is 1. The Bertz CT molecular complexity index is 705. The lowest BCUT2D eigenvalue weighted by Crippen LogP contribution is -2.40. The number of alkyl halides is 3. The molecular weight excluding hydrogens is 311 g/mol. The van der Waals surface area contributed by atoms with Crippen LogP contribution in [-0.2, 0) is 11.0 Å². The van der Waals surface area contributed by atoms with E-state index in [1.807, 2.05) is 0 Å². The van der Waals surface area contributed by atoms with Crippen LogP contribution in [0.2, 0.25) is 0 Å². The molecule has 2 amide bonds. The highest BCUT2D eigenvalue weighted by molar-refractivity contribution is 5.96. The number of aromatic amines is 1. The molecule has 0 fully saturated rings. The van der Waals surface area contributed by atoms with Gasteiger partial charge in [0.1, 0.15) is 5.69 Å². The molecule has 5 nitrogen and oxygen atoms in total. The molecule has 0 aliphatic heterocycles. The van der Waals surface area contributed by atoms with Gasteiger partial charge in [-0.05, 0) is 35.9 Å². The number of hydrazine groups is 1. The van der Waals surface area contributed by atoms with Crippen LogP contribution < -0.4 is 10.9 Å². The highest BCUT2D eigenvalue weighted by atomic mass is 19.4. The van der Waals surface area contributed by atoms with Crippen molar-refractivity contribution in [2.45, 2.75) is 6.18 Å². The van der Waals surface area contributed by atoms with Crippen molar-refractivity contribution in [2.24, 2.45) is 0 Å². The maximum absolute atomic E-state index is 12.4. The van der Waals surface area contributed by atoms with Crippen LogP contribution in [0.5, 0.6) is 0 Å².